The van der Waals surface area contributed by atoms with Gasteiger partial charge in [-0.25, -0.2) is 0 Å². The molecule has 8 heteroatoms. The number of halogens is 1. The molecule has 1 aliphatic carbocycles. The molecule has 5 nitrogen and oxygen atoms in total. The third kappa shape index (κ3) is 5.35. The quantitative estimate of drug-likeness (QED) is 0.527. The van der Waals surface area contributed by atoms with E-state index in [4.69, 9.17) is 17.0 Å². The van der Waals surface area contributed by atoms with Crippen LogP contribution < -0.4 is 15.4 Å². The number of hydrogen-bond acceptors (Lipinski definition) is 5. The molecule has 2 N–H and O–H groups in total. The molecule has 1 aromatic heterocycles. The number of thiophene rings is 1. The van der Waals surface area contributed by atoms with Crippen LogP contribution in [0.4, 0.5) is 5.00 Å². The van der Waals surface area contributed by atoms with E-state index in [2.05, 4.69) is 46.5 Å². The predicted octanol–water partition coefficient (Wildman–Crippen LogP) is 5.42. The van der Waals surface area contributed by atoms with Crippen molar-refractivity contribution in [3.05, 3.63) is 44.2 Å². The zero-order valence-electron chi connectivity index (χ0n) is 16.3. The van der Waals surface area contributed by atoms with Crippen molar-refractivity contribution in [1.82, 2.24) is 5.32 Å². The number of benzene rings is 1. The van der Waals surface area contributed by atoms with Crippen molar-refractivity contribution < 1.29 is 9.53 Å². The van der Waals surface area contributed by atoms with Crippen molar-refractivity contribution in [2.24, 2.45) is 5.92 Å². The summed E-state index contributed by atoms with van der Waals surface area (Å²) in [5.74, 6) is 0.951. The minimum atomic E-state index is -0.320. The molecule has 1 aliphatic rings. The van der Waals surface area contributed by atoms with Crippen LogP contribution in [0.15, 0.2) is 22.7 Å². The van der Waals surface area contributed by atoms with Gasteiger partial charge in [-0.3, -0.25) is 10.1 Å². The first-order valence-corrected chi connectivity index (χ1v) is 11.5. The lowest BCUT2D eigenvalue weighted by molar-refractivity contribution is 0.0977. The number of anilines is 1. The fourth-order valence-corrected chi connectivity index (χ4v) is 5.08. The summed E-state index contributed by atoms with van der Waals surface area (Å²) >= 11 is 10.3. The van der Waals surface area contributed by atoms with E-state index in [9.17, 15) is 10.1 Å². The normalized spacial score (nSPS) is 12.4. The minimum Gasteiger partial charge on any atom is -0.492 e. The van der Waals surface area contributed by atoms with Crippen molar-refractivity contribution in [3.63, 3.8) is 0 Å². The fraction of sp³-hybridized carbons (Fsp3) is 0.381. The Morgan fingerprint density at radius 3 is 2.90 bits per heavy atom. The van der Waals surface area contributed by atoms with Crippen LogP contribution in [0.25, 0.3) is 0 Å². The van der Waals surface area contributed by atoms with E-state index >= 15 is 0 Å². The molecular weight excluding hydrogens is 470 g/mol. The molecular formula is C21H22BrN3O2S2. The number of carbonyl (C=O) groups excluding carboxylic acids is 1. The van der Waals surface area contributed by atoms with Crippen molar-refractivity contribution in [2.75, 3.05) is 11.9 Å². The number of carbonyl (C=O) groups is 1. The Labute approximate surface area is 188 Å². The van der Waals surface area contributed by atoms with E-state index in [0.717, 1.165) is 31.2 Å². The van der Waals surface area contributed by atoms with Gasteiger partial charge in [-0.2, -0.15) is 5.26 Å². The number of thiocarbonyl (C=S) groups is 1. The molecule has 0 atom stereocenters. The number of hydrogen-bond donors (Lipinski definition) is 2. The fourth-order valence-electron chi connectivity index (χ4n) is 3.08. The molecule has 0 unspecified atom stereocenters. The number of rotatable bonds is 6. The van der Waals surface area contributed by atoms with Crippen LogP contribution in [0.2, 0.25) is 0 Å². The number of nitrogens with one attached hydrogen (secondary N) is 2. The van der Waals surface area contributed by atoms with Crippen molar-refractivity contribution in [1.29, 1.82) is 5.26 Å². The summed E-state index contributed by atoms with van der Waals surface area (Å²) in [5.41, 5.74) is 2.22. The van der Waals surface area contributed by atoms with Gasteiger partial charge >= 0.3 is 0 Å². The third-order valence-electron chi connectivity index (χ3n) is 4.63. The van der Waals surface area contributed by atoms with E-state index in [1.807, 2.05) is 0 Å². The zero-order valence-corrected chi connectivity index (χ0v) is 19.5. The van der Waals surface area contributed by atoms with Crippen LogP contribution in [0.3, 0.4) is 0 Å². The number of amides is 1. The molecule has 2 aromatic rings. The lowest BCUT2D eigenvalue weighted by atomic mass is 10.1. The molecule has 1 aromatic carbocycles. The molecule has 3 rings (SSSR count). The van der Waals surface area contributed by atoms with Gasteiger partial charge in [0.05, 0.1) is 16.6 Å². The van der Waals surface area contributed by atoms with Crippen LogP contribution >= 0.6 is 39.5 Å². The molecule has 1 heterocycles. The molecule has 0 saturated carbocycles. The Kier molecular flexibility index (Phi) is 7.28. The van der Waals surface area contributed by atoms with Crippen LogP contribution in [-0.2, 0) is 12.8 Å². The van der Waals surface area contributed by atoms with E-state index < -0.39 is 0 Å². The standard InChI is InChI=1S/C21H22BrN3O2S2/c1-12(2)8-9-27-17-7-6-13(10-16(17)22)19(26)24-21(28)25-20-15(11-23)14-4-3-5-18(14)29-20/h6-7,10,12H,3-5,8-9H2,1-2H3,(H2,24,25,26,28). The van der Waals surface area contributed by atoms with E-state index in [-0.39, 0.29) is 11.0 Å². The van der Waals surface area contributed by atoms with Gasteiger partial charge in [0.15, 0.2) is 5.11 Å². The molecule has 0 bridgehead atoms. The smallest absolute Gasteiger partial charge is 0.257 e. The number of nitrogens with zero attached hydrogens (tertiary/aromatic N) is 1. The second-order valence-corrected chi connectivity index (χ2v) is 9.63. The minimum absolute atomic E-state index is 0.180. The monoisotopic (exact) mass is 491 g/mol. The van der Waals surface area contributed by atoms with Crippen LogP contribution in [0.5, 0.6) is 5.75 Å². The Morgan fingerprint density at radius 1 is 1.41 bits per heavy atom. The average molecular weight is 492 g/mol. The molecule has 0 radical (unpaired) electrons. The largest absolute Gasteiger partial charge is 0.492 e. The number of ether oxygens (including phenoxy) is 1. The van der Waals surface area contributed by atoms with Crippen LogP contribution in [0.1, 0.15) is 53.1 Å². The number of nitriles is 1. The second kappa shape index (κ2) is 9.70. The van der Waals surface area contributed by atoms with Crippen LogP contribution in [0, 0.1) is 17.2 Å². The number of aryl methyl sites for hydroxylation is 1. The first kappa shape index (κ1) is 21.8. The molecule has 0 spiro atoms. The number of fused-ring (bicyclic) bond motifs is 1. The molecule has 152 valence electrons. The maximum Gasteiger partial charge on any atom is 0.257 e. The van der Waals surface area contributed by atoms with Gasteiger partial charge in [0.25, 0.3) is 5.91 Å². The van der Waals surface area contributed by atoms with Crippen molar-refractivity contribution in [2.45, 2.75) is 39.5 Å². The van der Waals surface area contributed by atoms with Gasteiger partial charge in [0.1, 0.15) is 16.8 Å². The maximum atomic E-state index is 12.5. The van der Waals surface area contributed by atoms with Crippen molar-refractivity contribution in [3.8, 4) is 11.8 Å². The predicted molar refractivity (Wildman–Crippen MR) is 124 cm³/mol. The molecule has 0 aliphatic heterocycles. The lowest BCUT2D eigenvalue weighted by Crippen LogP contribution is -2.34. The summed E-state index contributed by atoms with van der Waals surface area (Å²) in [5, 5.41) is 16.0. The third-order valence-corrected chi connectivity index (χ3v) is 6.67. The first-order valence-electron chi connectivity index (χ1n) is 9.48. The maximum absolute atomic E-state index is 12.5. The Morgan fingerprint density at radius 2 is 2.21 bits per heavy atom. The van der Waals surface area contributed by atoms with Gasteiger partial charge in [0.2, 0.25) is 0 Å². The van der Waals surface area contributed by atoms with E-state index in [1.54, 1.807) is 29.5 Å². The summed E-state index contributed by atoms with van der Waals surface area (Å²) in [6.07, 6.45) is 3.97. The molecule has 1 amide bonds. The molecule has 0 fully saturated rings. The summed E-state index contributed by atoms with van der Waals surface area (Å²) in [6, 6.07) is 7.44. The highest BCUT2D eigenvalue weighted by Gasteiger charge is 2.23. The van der Waals surface area contributed by atoms with Gasteiger partial charge in [-0.05, 0) is 83.5 Å². The van der Waals surface area contributed by atoms with Gasteiger partial charge in [-0.15, -0.1) is 11.3 Å². The SMILES string of the molecule is CC(C)CCOc1ccc(C(=O)NC(=S)Nc2sc3c(c2C#N)CCC3)cc1Br. The average Bonchev–Trinajstić information content (AvgIpc) is 3.23. The summed E-state index contributed by atoms with van der Waals surface area (Å²) in [4.78, 5) is 13.8. The Balaban J connectivity index is 1.61. The highest BCUT2D eigenvalue weighted by Crippen LogP contribution is 2.38. The topological polar surface area (TPSA) is 74.2 Å². The van der Waals surface area contributed by atoms with E-state index in [1.165, 1.54) is 4.88 Å². The highest BCUT2D eigenvalue weighted by molar-refractivity contribution is 9.10. The molecule has 29 heavy (non-hydrogen) atoms. The Hall–Kier alpha value is -1.95. The summed E-state index contributed by atoms with van der Waals surface area (Å²) in [6.45, 7) is 4.92. The second-order valence-electron chi connectivity index (χ2n) is 7.26. The Bertz CT molecular complexity index is 979. The lowest BCUT2D eigenvalue weighted by Gasteiger charge is -2.12. The van der Waals surface area contributed by atoms with Gasteiger partial charge in [0, 0.05) is 10.4 Å². The van der Waals surface area contributed by atoms with Crippen molar-refractivity contribution >= 4 is 55.5 Å². The highest BCUT2D eigenvalue weighted by atomic mass is 79.9. The summed E-state index contributed by atoms with van der Waals surface area (Å²) < 4.78 is 6.47. The zero-order chi connectivity index (χ0) is 21.0. The first-order chi connectivity index (χ1) is 13.9. The van der Waals surface area contributed by atoms with Crippen LogP contribution in [-0.4, -0.2) is 17.6 Å². The van der Waals surface area contributed by atoms with E-state index in [0.29, 0.717) is 38.9 Å². The van der Waals surface area contributed by atoms with Gasteiger partial charge < -0.3 is 10.1 Å². The summed E-state index contributed by atoms with van der Waals surface area (Å²) in [7, 11) is 0. The molecule has 0 saturated heterocycles. The van der Waals surface area contributed by atoms with Gasteiger partial charge in [-0.1, -0.05) is 13.8 Å².